The molecule has 0 atom stereocenters. The minimum Gasteiger partial charge on any atom is -0.497 e. The van der Waals surface area contributed by atoms with Crippen LogP contribution >= 0.6 is 0 Å². The fourth-order valence-corrected chi connectivity index (χ4v) is 2.58. The van der Waals surface area contributed by atoms with E-state index in [9.17, 15) is 4.79 Å². The van der Waals surface area contributed by atoms with Gasteiger partial charge in [0.05, 0.1) is 26.5 Å². The summed E-state index contributed by atoms with van der Waals surface area (Å²) in [5.74, 6) is 0.436. The predicted molar refractivity (Wildman–Crippen MR) is 95.3 cm³/mol. The number of carbonyl (C=O) groups excluding carboxylic acids is 1. The lowest BCUT2D eigenvalue weighted by Crippen LogP contribution is -2.03. The summed E-state index contributed by atoms with van der Waals surface area (Å²) >= 11 is 0. The van der Waals surface area contributed by atoms with Crippen molar-refractivity contribution in [2.75, 3.05) is 14.2 Å². The Balaban J connectivity index is 1.99. The first-order valence-electron chi connectivity index (χ1n) is 7.83. The molecule has 0 radical (unpaired) electrons. The smallest absolute Gasteiger partial charge is 0.333 e. The number of hydrogen-bond donors (Lipinski definition) is 0. The van der Waals surface area contributed by atoms with Gasteiger partial charge in [0.15, 0.2) is 5.65 Å². The highest BCUT2D eigenvalue weighted by Crippen LogP contribution is 2.21. The topological polar surface area (TPSA) is 66.2 Å². The van der Waals surface area contributed by atoms with Crippen LogP contribution < -0.4 is 4.74 Å². The van der Waals surface area contributed by atoms with Crippen molar-refractivity contribution in [2.24, 2.45) is 0 Å². The molecule has 0 spiro atoms. The minimum atomic E-state index is -0.373. The van der Waals surface area contributed by atoms with Crippen molar-refractivity contribution in [2.45, 2.75) is 13.5 Å². The van der Waals surface area contributed by atoms with E-state index >= 15 is 0 Å². The van der Waals surface area contributed by atoms with Crippen molar-refractivity contribution in [3.63, 3.8) is 0 Å². The van der Waals surface area contributed by atoms with Crippen molar-refractivity contribution < 1.29 is 14.3 Å². The van der Waals surface area contributed by atoms with Crippen LogP contribution in [0.5, 0.6) is 5.75 Å². The van der Waals surface area contributed by atoms with Crippen molar-refractivity contribution in [1.82, 2.24) is 14.8 Å². The summed E-state index contributed by atoms with van der Waals surface area (Å²) in [6.45, 7) is 2.28. The van der Waals surface area contributed by atoms with E-state index in [0.29, 0.717) is 17.8 Å². The van der Waals surface area contributed by atoms with Crippen LogP contribution in [-0.4, -0.2) is 35.0 Å². The second kappa shape index (κ2) is 7.17. The van der Waals surface area contributed by atoms with E-state index < -0.39 is 0 Å². The average Bonchev–Trinajstić information content (AvgIpc) is 2.99. The van der Waals surface area contributed by atoms with Gasteiger partial charge < -0.3 is 9.47 Å². The van der Waals surface area contributed by atoms with Gasteiger partial charge in [0.1, 0.15) is 5.75 Å². The number of ether oxygens (including phenoxy) is 2. The second-order valence-corrected chi connectivity index (χ2v) is 5.58. The Kier molecular flexibility index (Phi) is 4.79. The molecule has 0 aliphatic carbocycles. The minimum absolute atomic E-state index is 0.373. The van der Waals surface area contributed by atoms with Crippen molar-refractivity contribution in [3.8, 4) is 5.75 Å². The Bertz CT molecular complexity index is 927. The van der Waals surface area contributed by atoms with E-state index in [1.165, 1.54) is 7.11 Å². The van der Waals surface area contributed by atoms with Gasteiger partial charge in [0, 0.05) is 17.2 Å². The fraction of sp³-hybridized carbons (Fsp3) is 0.211. The molecule has 25 heavy (non-hydrogen) atoms. The summed E-state index contributed by atoms with van der Waals surface area (Å²) in [6.07, 6.45) is 3.45. The van der Waals surface area contributed by atoms with Gasteiger partial charge in [-0.25, -0.2) is 14.5 Å². The highest BCUT2D eigenvalue weighted by atomic mass is 16.5. The van der Waals surface area contributed by atoms with E-state index in [4.69, 9.17) is 9.47 Å². The molecule has 6 nitrogen and oxygen atoms in total. The molecule has 0 aliphatic heterocycles. The van der Waals surface area contributed by atoms with Crippen molar-refractivity contribution in [1.29, 1.82) is 0 Å². The molecule has 0 amide bonds. The maximum atomic E-state index is 11.7. The average molecular weight is 337 g/mol. The number of rotatable bonds is 5. The van der Waals surface area contributed by atoms with Gasteiger partial charge in [-0.05, 0) is 42.8 Å². The summed E-state index contributed by atoms with van der Waals surface area (Å²) in [5.41, 5.74) is 3.03. The summed E-state index contributed by atoms with van der Waals surface area (Å²) in [5, 5.41) is 5.51. The molecule has 128 valence electrons. The van der Waals surface area contributed by atoms with Crippen molar-refractivity contribution in [3.05, 3.63) is 59.4 Å². The lowest BCUT2D eigenvalue weighted by molar-refractivity contribution is -0.135. The van der Waals surface area contributed by atoms with Gasteiger partial charge in [-0.1, -0.05) is 12.1 Å². The van der Waals surface area contributed by atoms with Gasteiger partial charge >= 0.3 is 5.97 Å². The molecule has 3 aromatic rings. The van der Waals surface area contributed by atoms with Gasteiger partial charge in [-0.3, -0.25) is 0 Å². The van der Waals surface area contributed by atoms with E-state index in [1.807, 2.05) is 41.1 Å². The van der Waals surface area contributed by atoms with Crippen LogP contribution in [0.4, 0.5) is 0 Å². The first kappa shape index (κ1) is 16.7. The zero-order valence-corrected chi connectivity index (χ0v) is 14.4. The molecule has 3 rings (SSSR count). The standard InChI is InChI=1S/C19H19N3O3/c1-13(19(23)25-3)11-17-16-5-4-10-20-18(16)22(21-17)12-14-6-8-15(24-2)9-7-14/h4-11H,12H2,1-3H3. The number of esters is 1. The zero-order chi connectivity index (χ0) is 17.8. The maximum absolute atomic E-state index is 11.7. The summed E-state index contributed by atoms with van der Waals surface area (Å²) in [7, 11) is 3.00. The van der Waals surface area contributed by atoms with Gasteiger partial charge in [-0.2, -0.15) is 5.10 Å². The zero-order valence-electron chi connectivity index (χ0n) is 14.4. The van der Waals surface area contributed by atoms with E-state index in [1.54, 1.807) is 26.3 Å². The molecule has 1 aromatic carbocycles. The highest BCUT2D eigenvalue weighted by Gasteiger charge is 2.12. The summed E-state index contributed by atoms with van der Waals surface area (Å²) in [4.78, 5) is 16.1. The van der Waals surface area contributed by atoms with Crippen LogP contribution in [0.3, 0.4) is 0 Å². The van der Waals surface area contributed by atoms with Gasteiger partial charge in [0.25, 0.3) is 0 Å². The Morgan fingerprint density at radius 2 is 1.96 bits per heavy atom. The normalized spacial score (nSPS) is 11.6. The van der Waals surface area contributed by atoms with E-state index in [2.05, 4.69) is 10.1 Å². The van der Waals surface area contributed by atoms with Crippen LogP contribution in [0.1, 0.15) is 18.2 Å². The van der Waals surface area contributed by atoms with Crippen LogP contribution in [0.2, 0.25) is 0 Å². The molecule has 0 fully saturated rings. The number of pyridine rings is 1. The van der Waals surface area contributed by atoms with E-state index in [-0.39, 0.29) is 5.97 Å². The quantitative estimate of drug-likeness (QED) is 0.529. The Morgan fingerprint density at radius 1 is 1.20 bits per heavy atom. The molecule has 0 aliphatic rings. The molecule has 2 aromatic heterocycles. The van der Waals surface area contributed by atoms with Crippen LogP contribution in [-0.2, 0) is 16.1 Å². The van der Waals surface area contributed by atoms with Gasteiger partial charge in [0.2, 0.25) is 0 Å². The molecule has 2 heterocycles. The maximum Gasteiger partial charge on any atom is 0.333 e. The van der Waals surface area contributed by atoms with Crippen LogP contribution in [0.15, 0.2) is 48.2 Å². The number of aromatic nitrogens is 3. The Hall–Kier alpha value is -3.15. The number of nitrogens with zero attached hydrogens (tertiary/aromatic N) is 3. The first-order valence-corrected chi connectivity index (χ1v) is 7.83. The first-order chi connectivity index (χ1) is 12.1. The Labute approximate surface area is 145 Å². The lowest BCUT2D eigenvalue weighted by atomic mass is 10.2. The molecular weight excluding hydrogens is 318 g/mol. The number of fused-ring (bicyclic) bond motifs is 1. The van der Waals surface area contributed by atoms with E-state index in [0.717, 1.165) is 22.3 Å². The molecule has 0 saturated heterocycles. The molecule has 6 heteroatoms. The third-order valence-electron chi connectivity index (χ3n) is 3.89. The molecule has 0 bridgehead atoms. The third-order valence-corrected chi connectivity index (χ3v) is 3.89. The predicted octanol–water partition coefficient (Wildman–Crippen LogP) is 3.06. The van der Waals surface area contributed by atoms with Crippen LogP contribution in [0.25, 0.3) is 17.1 Å². The lowest BCUT2D eigenvalue weighted by Gasteiger charge is -2.04. The second-order valence-electron chi connectivity index (χ2n) is 5.58. The third kappa shape index (κ3) is 3.52. The largest absolute Gasteiger partial charge is 0.497 e. The van der Waals surface area contributed by atoms with Gasteiger partial charge in [-0.15, -0.1) is 0 Å². The highest BCUT2D eigenvalue weighted by molar-refractivity contribution is 5.95. The molecular formula is C19H19N3O3. The Morgan fingerprint density at radius 3 is 2.64 bits per heavy atom. The summed E-state index contributed by atoms with van der Waals surface area (Å²) < 4.78 is 11.8. The number of benzene rings is 1. The SMILES string of the molecule is COC(=O)C(C)=Cc1nn(Cc2ccc(OC)cc2)c2ncccc12. The van der Waals surface area contributed by atoms with Crippen molar-refractivity contribution >= 4 is 23.1 Å². The molecule has 0 saturated carbocycles. The summed E-state index contributed by atoms with van der Waals surface area (Å²) in [6, 6.07) is 11.6. The molecule has 0 N–H and O–H groups in total. The number of carbonyl (C=O) groups is 1. The molecule has 0 unspecified atom stereocenters. The number of hydrogen-bond acceptors (Lipinski definition) is 5. The monoisotopic (exact) mass is 337 g/mol. The fourth-order valence-electron chi connectivity index (χ4n) is 2.58. The number of methoxy groups -OCH3 is 2. The van der Waals surface area contributed by atoms with Crippen LogP contribution in [0, 0.1) is 0 Å².